The molecule has 1 unspecified atom stereocenters. The highest BCUT2D eigenvalue weighted by Gasteiger charge is 2.30. The molecule has 1 atom stereocenters. The summed E-state index contributed by atoms with van der Waals surface area (Å²) in [4.78, 5) is 13.2. The summed E-state index contributed by atoms with van der Waals surface area (Å²) in [6, 6.07) is 0.0103. The van der Waals surface area contributed by atoms with Crippen molar-refractivity contribution >= 4 is 5.78 Å². The molecule has 1 aliphatic heterocycles. The summed E-state index contributed by atoms with van der Waals surface area (Å²) < 4.78 is 0. The zero-order valence-corrected chi connectivity index (χ0v) is 11.5. The number of rotatable bonds is 2. The Kier molecular flexibility index (Phi) is 7.10. The van der Waals surface area contributed by atoms with Crippen LogP contribution in [0.2, 0.25) is 0 Å². The number of likely N-dealkylation sites (tertiary alicyclic amines) is 1. The molecule has 1 rings (SSSR count). The maximum Gasteiger partial charge on any atom is 0.146 e. The van der Waals surface area contributed by atoms with Crippen molar-refractivity contribution in [3.63, 3.8) is 0 Å². The Hall–Kier alpha value is -0.850. The molecule has 0 aromatic rings. The molecule has 0 aliphatic carbocycles. The van der Waals surface area contributed by atoms with Crippen LogP contribution in [0.25, 0.3) is 0 Å². The van der Waals surface area contributed by atoms with Gasteiger partial charge in [-0.05, 0) is 33.6 Å². The number of ketones is 1. The lowest BCUT2D eigenvalue weighted by Crippen LogP contribution is -2.48. The van der Waals surface area contributed by atoms with Gasteiger partial charge >= 0.3 is 0 Å². The summed E-state index contributed by atoms with van der Waals surface area (Å²) in [5, 5.41) is 9.70. The van der Waals surface area contributed by atoms with E-state index in [1.165, 1.54) is 0 Å². The van der Waals surface area contributed by atoms with Crippen molar-refractivity contribution in [2.24, 2.45) is 0 Å². The lowest BCUT2D eigenvalue weighted by atomic mass is 9.93. The van der Waals surface area contributed by atoms with Gasteiger partial charge in [-0.15, -0.1) is 12.3 Å². The molecule has 98 valence electrons. The number of carbonyl (C=O) groups excluding carboxylic acids is 1. The number of piperidine rings is 1. The molecule has 1 heterocycles. The maximum atomic E-state index is 11.1. The first-order valence-electron chi connectivity index (χ1n) is 6.24. The number of nitrogens with zero attached hydrogens (tertiary/aromatic N) is 1. The molecular formula is C14H25NO2. The van der Waals surface area contributed by atoms with Crippen LogP contribution < -0.4 is 0 Å². The van der Waals surface area contributed by atoms with E-state index in [0.29, 0.717) is 0 Å². The quantitative estimate of drug-likeness (QED) is 0.748. The van der Waals surface area contributed by atoms with Crippen molar-refractivity contribution in [2.75, 3.05) is 13.1 Å². The van der Waals surface area contributed by atoms with Crippen LogP contribution in [0, 0.1) is 12.3 Å². The SMILES string of the molecule is C#CCC.CC(=O)C(C)N1CCC(C)(O)CC1. The van der Waals surface area contributed by atoms with Crippen molar-refractivity contribution in [2.45, 2.75) is 58.6 Å². The van der Waals surface area contributed by atoms with Gasteiger partial charge < -0.3 is 5.11 Å². The topological polar surface area (TPSA) is 40.5 Å². The molecule has 0 spiro atoms. The van der Waals surface area contributed by atoms with Crippen LogP contribution >= 0.6 is 0 Å². The first-order valence-corrected chi connectivity index (χ1v) is 6.24. The molecular weight excluding hydrogens is 214 g/mol. The highest BCUT2D eigenvalue weighted by atomic mass is 16.3. The fraction of sp³-hybridized carbons (Fsp3) is 0.786. The average molecular weight is 239 g/mol. The second kappa shape index (κ2) is 7.47. The summed E-state index contributed by atoms with van der Waals surface area (Å²) in [5.41, 5.74) is -0.521. The Morgan fingerprint density at radius 3 is 2.24 bits per heavy atom. The van der Waals surface area contributed by atoms with Gasteiger partial charge in [0.1, 0.15) is 5.78 Å². The molecule has 17 heavy (non-hydrogen) atoms. The van der Waals surface area contributed by atoms with Crippen LogP contribution in [0.15, 0.2) is 0 Å². The number of aliphatic hydroxyl groups is 1. The van der Waals surface area contributed by atoms with E-state index >= 15 is 0 Å². The summed E-state index contributed by atoms with van der Waals surface area (Å²) in [7, 11) is 0. The molecule has 0 aromatic heterocycles. The van der Waals surface area contributed by atoms with Crippen molar-refractivity contribution in [3.05, 3.63) is 0 Å². The second-order valence-electron chi connectivity index (χ2n) is 4.88. The molecule has 0 saturated carbocycles. The third-order valence-corrected chi connectivity index (χ3v) is 3.22. The Bertz CT molecular complexity index is 268. The molecule has 0 aromatic carbocycles. The smallest absolute Gasteiger partial charge is 0.146 e. The van der Waals surface area contributed by atoms with Crippen LogP contribution in [-0.4, -0.2) is 40.5 Å². The molecule has 0 amide bonds. The van der Waals surface area contributed by atoms with Gasteiger partial charge in [0.05, 0.1) is 11.6 Å². The number of Topliss-reactive ketones (excluding diaryl/α,β-unsaturated/α-hetero) is 1. The van der Waals surface area contributed by atoms with Gasteiger partial charge in [0.2, 0.25) is 0 Å². The predicted octanol–water partition coefficient (Wildman–Crippen LogP) is 1.84. The molecule has 0 bridgehead atoms. The lowest BCUT2D eigenvalue weighted by molar-refractivity contribution is -0.123. The molecule has 1 N–H and O–H groups in total. The number of hydrogen-bond donors (Lipinski definition) is 1. The number of hydrogen-bond acceptors (Lipinski definition) is 3. The van der Waals surface area contributed by atoms with Crippen molar-refractivity contribution in [1.29, 1.82) is 0 Å². The van der Waals surface area contributed by atoms with E-state index in [1.807, 2.05) is 20.8 Å². The summed E-state index contributed by atoms with van der Waals surface area (Å²) in [6.07, 6.45) is 7.16. The lowest BCUT2D eigenvalue weighted by Gasteiger charge is -2.38. The normalized spacial score (nSPS) is 20.7. The van der Waals surface area contributed by atoms with Crippen LogP contribution in [0.3, 0.4) is 0 Å². The first-order chi connectivity index (χ1) is 7.84. The zero-order valence-electron chi connectivity index (χ0n) is 11.5. The van der Waals surface area contributed by atoms with Gasteiger partial charge in [-0.2, -0.15) is 0 Å². The monoisotopic (exact) mass is 239 g/mol. The molecule has 3 nitrogen and oxygen atoms in total. The van der Waals surface area contributed by atoms with E-state index in [2.05, 4.69) is 10.8 Å². The zero-order chi connectivity index (χ0) is 13.5. The third kappa shape index (κ3) is 6.45. The van der Waals surface area contributed by atoms with Gasteiger partial charge in [-0.1, -0.05) is 6.92 Å². The fourth-order valence-corrected chi connectivity index (χ4v) is 1.65. The van der Waals surface area contributed by atoms with Crippen LogP contribution in [0.4, 0.5) is 0 Å². The molecule has 1 fully saturated rings. The molecule has 0 radical (unpaired) electrons. The number of terminal acetylenes is 1. The predicted molar refractivity (Wildman–Crippen MR) is 70.7 cm³/mol. The summed E-state index contributed by atoms with van der Waals surface area (Å²) in [5.74, 6) is 2.64. The van der Waals surface area contributed by atoms with E-state index < -0.39 is 5.60 Å². The Morgan fingerprint density at radius 1 is 1.53 bits per heavy atom. The highest BCUT2D eigenvalue weighted by Crippen LogP contribution is 2.22. The van der Waals surface area contributed by atoms with E-state index in [1.54, 1.807) is 6.92 Å². The largest absolute Gasteiger partial charge is 0.390 e. The van der Waals surface area contributed by atoms with Crippen molar-refractivity contribution < 1.29 is 9.90 Å². The van der Waals surface area contributed by atoms with Gasteiger partial charge in [0.15, 0.2) is 0 Å². The average Bonchev–Trinajstić information content (AvgIpc) is 2.28. The van der Waals surface area contributed by atoms with E-state index in [9.17, 15) is 9.90 Å². The van der Waals surface area contributed by atoms with E-state index in [-0.39, 0.29) is 11.8 Å². The van der Waals surface area contributed by atoms with Crippen LogP contribution in [-0.2, 0) is 4.79 Å². The first kappa shape index (κ1) is 16.1. The van der Waals surface area contributed by atoms with Crippen LogP contribution in [0.5, 0.6) is 0 Å². The van der Waals surface area contributed by atoms with Crippen molar-refractivity contribution in [1.82, 2.24) is 4.90 Å². The summed E-state index contributed by atoms with van der Waals surface area (Å²) >= 11 is 0. The number of carbonyl (C=O) groups is 1. The molecule has 1 saturated heterocycles. The second-order valence-corrected chi connectivity index (χ2v) is 4.88. The van der Waals surface area contributed by atoms with E-state index in [0.717, 1.165) is 32.4 Å². The molecule has 1 aliphatic rings. The highest BCUT2D eigenvalue weighted by molar-refractivity contribution is 5.80. The Morgan fingerprint density at radius 2 is 1.94 bits per heavy atom. The third-order valence-electron chi connectivity index (χ3n) is 3.22. The molecule has 3 heteroatoms. The van der Waals surface area contributed by atoms with Gasteiger partial charge in [-0.25, -0.2) is 0 Å². The Labute approximate surface area is 105 Å². The standard InChI is InChI=1S/C10H19NO2.C4H6/c1-8(9(2)12)11-6-4-10(3,13)5-7-11;1-3-4-2/h8,13H,4-7H2,1-3H3;1H,4H2,2H3. The Balaban J connectivity index is 0.000000557. The van der Waals surface area contributed by atoms with Gasteiger partial charge in [-0.3, -0.25) is 9.69 Å². The maximum absolute atomic E-state index is 11.1. The minimum atomic E-state index is -0.521. The van der Waals surface area contributed by atoms with Gasteiger partial charge in [0.25, 0.3) is 0 Å². The minimum absolute atomic E-state index is 0.0103. The summed E-state index contributed by atoms with van der Waals surface area (Å²) in [6.45, 7) is 9.02. The van der Waals surface area contributed by atoms with Crippen LogP contribution in [0.1, 0.15) is 47.0 Å². The minimum Gasteiger partial charge on any atom is -0.390 e. The van der Waals surface area contributed by atoms with E-state index in [4.69, 9.17) is 6.42 Å². The van der Waals surface area contributed by atoms with Crippen molar-refractivity contribution in [3.8, 4) is 12.3 Å². The fourth-order valence-electron chi connectivity index (χ4n) is 1.65. The van der Waals surface area contributed by atoms with Gasteiger partial charge in [0, 0.05) is 19.5 Å².